The molecule has 0 aliphatic carbocycles. The Bertz CT molecular complexity index is 783. The van der Waals surface area contributed by atoms with Gasteiger partial charge in [-0.2, -0.15) is 4.98 Å². The SMILES string of the molecule is O=[N+]([O-])c1cccc(Oc2nc3sccn3c2CCl)c1. The Hall–Kier alpha value is -2.12. The molecule has 0 spiro atoms. The summed E-state index contributed by atoms with van der Waals surface area (Å²) in [4.78, 5) is 15.4. The van der Waals surface area contributed by atoms with Crippen LogP contribution in [0.3, 0.4) is 0 Å². The topological polar surface area (TPSA) is 69.7 Å². The van der Waals surface area contributed by atoms with Crippen molar-refractivity contribution >= 4 is 33.6 Å². The number of aromatic nitrogens is 2. The molecule has 0 atom stereocenters. The van der Waals surface area contributed by atoms with Gasteiger partial charge in [0, 0.05) is 17.6 Å². The largest absolute Gasteiger partial charge is 0.437 e. The lowest BCUT2D eigenvalue weighted by atomic mass is 10.3. The minimum atomic E-state index is -0.471. The summed E-state index contributed by atoms with van der Waals surface area (Å²) in [5, 5.41) is 12.6. The summed E-state index contributed by atoms with van der Waals surface area (Å²) < 4.78 is 7.46. The van der Waals surface area contributed by atoms with Crippen molar-refractivity contribution in [3.8, 4) is 11.6 Å². The Morgan fingerprint density at radius 3 is 3.10 bits per heavy atom. The number of halogens is 1. The van der Waals surface area contributed by atoms with E-state index in [0.717, 1.165) is 10.7 Å². The van der Waals surface area contributed by atoms with Crippen molar-refractivity contribution in [2.24, 2.45) is 0 Å². The standard InChI is InChI=1S/C12H8ClN3O3S/c13-7-10-11(14-12-15(10)4-5-20-12)19-9-3-1-2-8(6-9)16(17)18/h1-6H,7H2. The molecule has 0 saturated carbocycles. The third-order valence-corrected chi connectivity index (χ3v) is 3.70. The summed E-state index contributed by atoms with van der Waals surface area (Å²) in [6, 6.07) is 5.96. The van der Waals surface area contributed by atoms with Crippen LogP contribution in [0.5, 0.6) is 11.6 Å². The molecule has 3 aromatic rings. The number of thiazole rings is 1. The molecule has 0 fully saturated rings. The first kappa shape index (κ1) is 12.9. The Morgan fingerprint density at radius 2 is 2.35 bits per heavy atom. The molecule has 3 rings (SSSR count). The molecule has 20 heavy (non-hydrogen) atoms. The quantitative estimate of drug-likeness (QED) is 0.417. The van der Waals surface area contributed by atoms with Crippen LogP contribution in [-0.4, -0.2) is 14.3 Å². The average Bonchev–Trinajstić information content (AvgIpc) is 2.99. The predicted octanol–water partition coefficient (Wildman–Crippen LogP) is 3.84. The van der Waals surface area contributed by atoms with Crippen molar-refractivity contribution < 1.29 is 9.66 Å². The third kappa shape index (κ3) is 2.21. The van der Waals surface area contributed by atoms with E-state index in [4.69, 9.17) is 16.3 Å². The molecule has 0 N–H and O–H groups in total. The molecular formula is C12H8ClN3O3S. The zero-order chi connectivity index (χ0) is 14.1. The van der Waals surface area contributed by atoms with E-state index in [1.807, 2.05) is 16.0 Å². The molecule has 0 aliphatic rings. The first-order chi connectivity index (χ1) is 9.69. The monoisotopic (exact) mass is 309 g/mol. The van der Waals surface area contributed by atoms with E-state index in [0.29, 0.717) is 11.6 Å². The number of hydrogen-bond acceptors (Lipinski definition) is 5. The Balaban J connectivity index is 1.98. The summed E-state index contributed by atoms with van der Waals surface area (Å²) >= 11 is 7.37. The van der Waals surface area contributed by atoms with Crippen molar-refractivity contribution in [2.75, 3.05) is 0 Å². The summed E-state index contributed by atoms with van der Waals surface area (Å²) in [7, 11) is 0. The van der Waals surface area contributed by atoms with Gasteiger partial charge in [-0.05, 0) is 6.07 Å². The number of non-ortho nitro benzene ring substituents is 1. The van der Waals surface area contributed by atoms with Crippen LogP contribution in [0.25, 0.3) is 4.96 Å². The molecule has 0 aliphatic heterocycles. The van der Waals surface area contributed by atoms with E-state index in [-0.39, 0.29) is 11.6 Å². The molecule has 0 unspecified atom stereocenters. The number of benzene rings is 1. The molecule has 6 nitrogen and oxygen atoms in total. The molecular weight excluding hydrogens is 302 g/mol. The summed E-state index contributed by atoms with van der Waals surface area (Å²) in [6.07, 6.45) is 1.85. The van der Waals surface area contributed by atoms with Gasteiger partial charge >= 0.3 is 0 Å². The summed E-state index contributed by atoms with van der Waals surface area (Å²) in [6.45, 7) is 0. The van der Waals surface area contributed by atoms with E-state index in [1.54, 1.807) is 12.1 Å². The first-order valence-electron chi connectivity index (χ1n) is 5.61. The van der Waals surface area contributed by atoms with Gasteiger partial charge in [0.05, 0.1) is 16.9 Å². The zero-order valence-corrected chi connectivity index (χ0v) is 11.6. The van der Waals surface area contributed by atoms with Gasteiger partial charge in [0.25, 0.3) is 5.69 Å². The minimum Gasteiger partial charge on any atom is -0.437 e. The number of nitro groups is 1. The van der Waals surface area contributed by atoms with Crippen molar-refractivity contribution in [3.05, 3.63) is 51.7 Å². The highest BCUT2D eigenvalue weighted by Crippen LogP contribution is 2.30. The van der Waals surface area contributed by atoms with Crippen LogP contribution in [0.15, 0.2) is 35.8 Å². The second kappa shape index (κ2) is 5.10. The fraction of sp³-hybridized carbons (Fsp3) is 0.0833. The molecule has 1 aromatic carbocycles. The molecule has 2 heterocycles. The Labute approximate surface area is 122 Å². The van der Waals surface area contributed by atoms with Crippen LogP contribution in [0.2, 0.25) is 0 Å². The zero-order valence-electron chi connectivity index (χ0n) is 10.0. The molecule has 0 bridgehead atoms. The smallest absolute Gasteiger partial charge is 0.273 e. The number of ether oxygens (including phenoxy) is 1. The van der Waals surface area contributed by atoms with Gasteiger partial charge in [-0.1, -0.05) is 6.07 Å². The van der Waals surface area contributed by atoms with E-state index < -0.39 is 4.92 Å². The van der Waals surface area contributed by atoms with Crippen LogP contribution in [0.4, 0.5) is 5.69 Å². The van der Waals surface area contributed by atoms with E-state index in [2.05, 4.69) is 4.98 Å². The highest BCUT2D eigenvalue weighted by atomic mass is 35.5. The van der Waals surface area contributed by atoms with Gasteiger partial charge in [-0.15, -0.1) is 22.9 Å². The van der Waals surface area contributed by atoms with Crippen LogP contribution in [-0.2, 0) is 5.88 Å². The third-order valence-electron chi connectivity index (χ3n) is 2.69. The van der Waals surface area contributed by atoms with Crippen molar-refractivity contribution in [1.29, 1.82) is 0 Å². The number of imidazole rings is 1. The van der Waals surface area contributed by atoms with E-state index in [9.17, 15) is 10.1 Å². The second-order valence-corrected chi connectivity index (χ2v) is 5.05. The maximum atomic E-state index is 10.7. The number of nitro benzene ring substituents is 1. The highest BCUT2D eigenvalue weighted by Gasteiger charge is 2.15. The van der Waals surface area contributed by atoms with Gasteiger partial charge in [-0.25, -0.2) is 0 Å². The Morgan fingerprint density at radius 1 is 1.50 bits per heavy atom. The Kier molecular flexibility index (Phi) is 3.29. The highest BCUT2D eigenvalue weighted by molar-refractivity contribution is 7.15. The number of fused-ring (bicyclic) bond motifs is 1. The van der Waals surface area contributed by atoms with E-state index in [1.165, 1.54) is 23.5 Å². The number of rotatable bonds is 4. The molecule has 2 aromatic heterocycles. The fourth-order valence-electron chi connectivity index (χ4n) is 1.79. The molecule has 102 valence electrons. The summed E-state index contributed by atoms with van der Waals surface area (Å²) in [5.41, 5.74) is 0.686. The first-order valence-corrected chi connectivity index (χ1v) is 7.03. The molecule has 0 saturated heterocycles. The maximum Gasteiger partial charge on any atom is 0.273 e. The molecule has 0 radical (unpaired) electrons. The lowest BCUT2D eigenvalue weighted by Gasteiger charge is -2.04. The maximum absolute atomic E-state index is 10.7. The van der Waals surface area contributed by atoms with Crippen molar-refractivity contribution in [2.45, 2.75) is 5.88 Å². The fourth-order valence-corrected chi connectivity index (χ4v) is 2.76. The second-order valence-electron chi connectivity index (χ2n) is 3.91. The van der Waals surface area contributed by atoms with Gasteiger partial charge in [-0.3, -0.25) is 14.5 Å². The lowest BCUT2D eigenvalue weighted by molar-refractivity contribution is -0.384. The van der Waals surface area contributed by atoms with E-state index >= 15 is 0 Å². The average molecular weight is 310 g/mol. The lowest BCUT2D eigenvalue weighted by Crippen LogP contribution is -1.92. The normalized spacial score (nSPS) is 10.8. The minimum absolute atomic E-state index is 0.0315. The van der Waals surface area contributed by atoms with Gasteiger partial charge < -0.3 is 4.74 Å². The molecule has 0 amide bonds. The van der Waals surface area contributed by atoms with Crippen LogP contribution in [0, 0.1) is 10.1 Å². The van der Waals surface area contributed by atoms with Gasteiger partial charge in [0.1, 0.15) is 11.4 Å². The van der Waals surface area contributed by atoms with Gasteiger partial charge in [0.2, 0.25) is 5.88 Å². The number of hydrogen-bond donors (Lipinski definition) is 0. The van der Waals surface area contributed by atoms with Gasteiger partial charge in [0.15, 0.2) is 4.96 Å². The van der Waals surface area contributed by atoms with Crippen LogP contribution < -0.4 is 4.74 Å². The van der Waals surface area contributed by atoms with Crippen LogP contribution >= 0.6 is 22.9 Å². The summed E-state index contributed by atoms with van der Waals surface area (Å²) in [5.74, 6) is 0.964. The predicted molar refractivity (Wildman–Crippen MR) is 75.8 cm³/mol. The van der Waals surface area contributed by atoms with Crippen molar-refractivity contribution in [1.82, 2.24) is 9.38 Å². The van der Waals surface area contributed by atoms with Crippen molar-refractivity contribution in [3.63, 3.8) is 0 Å². The number of alkyl halides is 1. The number of nitrogens with zero attached hydrogens (tertiary/aromatic N) is 3. The molecule has 8 heteroatoms. The van der Waals surface area contributed by atoms with Crippen LogP contribution in [0.1, 0.15) is 5.69 Å².